The molecule has 0 radical (unpaired) electrons. The molecule has 0 aliphatic carbocycles. The lowest BCUT2D eigenvalue weighted by Gasteiger charge is -2.09. The van der Waals surface area contributed by atoms with Crippen LogP contribution >= 0.6 is 11.8 Å². The highest BCUT2D eigenvalue weighted by Gasteiger charge is 2.19. The van der Waals surface area contributed by atoms with Gasteiger partial charge in [0.25, 0.3) is 11.1 Å². The molecule has 0 saturated heterocycles. The fourth-order valence-corrected chi connectivity index (χ4v) is 3.98. The molecule has 0 unspecified atom stereocenters. The lowest BCUT2D eigenvalue weighted by Crippen LogP contribution is -2.12. The van der Waals surface area contributed by atoms with Gasteiger partial charge in [-0.25, -0.2) is 22.6 Å². The number of nitrogens with two attached hydrogens (primary N) is 1. The Balaban J connectivity index is 1.84. The fraction of sp³-hybridized carbons (Fsp3) is 0.150. The van der Waals surface area contributed by atoms with Crippen LogP contribution in [0.2, 0.25) is 0 Å². The molecule has 166 valence electrons. The van der Waals surface area contributed by atoms with Gasteiger partial charge in [0.15, 0.2) is 17.3 Å². The second-order valence-corrected chi connectivity index (χ2v) is 9.30. The number of benzene rings is 2. The molecule has 0 aliphatic rings. The van der Waals surface area contributed by atoms with Crippen molar-refractivity contribution >= 4 is 21.8 Å². The van der Waals surface area contributed by atoms with Gasteiger partial charge in [-0.3, -0.25) is 0 Å². The molecule has 0 spiro atoms. The Labute approximate surface area is 187 Å². The van der Waals surface area contributed by atoms with Crippen molar-refractivity contribution in [1.82, 2.24) is 20.0 Å². The maximum Gasteiger partial charge on any atom is 0.276 e. The van der Waals surface area contributed by atoms with Crippen LogP contribution in [0.4, 0.5) is 4.39 Å². The molecule has 2 heterocycles. The second-order valence-electron chi connectivity index (χ2n) is 6.52. The first kappa shape index (κ1) is 22.0. The van der Waals surface area contributed by atoms with Crippen LogP contribution in [0.15, 0.2) is 63.1 Å². The average molecular weight is 476 g/mol. The molecule has 0 bridgehead atoms. The Morgan fingerprint density at radius 2 is 1.91 bits per heavy atom. The van der Waals surface area contributed by atoms with Gasteiger partial charge in [0, 0.05) is 5.56 Å². The van der Waals surface area contributed by atoms with Crippen LogP contribution in [0.25, 0.3) is 28.5 Å². The Kier molecular flexibility index (Phi) is 6.00. The summed E-state index contributed by atoms with van der Waals surface area (Å²) in [6, 6.07) is 12.0. The smallest absolute Gasteiger partial charge is 0.276 e. The van der Waals surface area contributed by atoms with Gasteiger partial charge in [0.05, 0.1) is 23.4 Å². The zero-order valence-corrected chi connectivity index (χ0v) is 18.7. The first-order valence-electron chi connectivity index (χ1n) is 9.34. The average Bonchev–Trinajstić information content (AvgIpc) is 3.41. The molecular formula is C20H18FN5O4S2. The first-order valence-corrected chi connectivity index (χ1v) is 11.9. The van der Waals surface area contributed by atoms with E-state index < -0.39 is 15.8 Å². The Hall–Kier alpha value is -3.22. The van der Waals surface area contributed by atoms with Crippen LogP contribution < -0.4 is 9.88 Å². The highest BCUT2D eigenvalue weighted by atomic mass is 32.2. The summed E-state index contributed by atoms with van der Waals surface area (Å²) in [6.45, 7) is 1.96. The van der Waals surface area contributed by atoms with E-state index in [0.717, 1.165) is 5.75 Å². The molecule has 2 aromatic heterocycles. The van der Waals surface area contributed by atoms with Gasteiger partial charge in [-0.2, -0.15) is 5.10 Å². The molecule has 9 nitrogen and oxygen atoms in total. The minimum atomic E-state index is -3.85. The van der Waals surface area contributed by atoms with Gasteiger partial charge < -0.3 is 9.15 Å². The first-order chi connectivity index (χ1) is 15.3. The van der Waals surface area contributed by atoms with Crippen molar-refractivity contribution in [2.24, 2.45) is 5.14 Å². The highest BCUT2D eigenvalue weighted by molar-refractivity contribution is 7.99. The van der Waals surface area contributed by atoms with E-state index in [4.69, 9.17) is 14.3 Å². The molecule has 12 heteroatoms. The van der Waals surface area contributed by atoms with Gasteiger partial charge in [0.2, 0.25) is 10.0 Å². The van der Waals surface area contributed by atoms with E-state index in [1.165, 1.54) is 47.8 Å². The summed E-state index contributed by atoms with van der Waals surface area (Å²) in [4.78, 5) is -0.0381. The van der Waals surface area contributed by atoms with Crippen molar-refractivity contribution in [3.63, 3.8) is 0 Å². The Bertz CT molecular complexity index is 1370. The van der Waals surface area contributed by atoms with Gasteiger partial charge in [-0.05, 0) is 54.3 Å². The van der Waals surface area contributed by atoms with Crippen molar-refractivity contribution in [2.45, 2.75) is 17.0 Å². The summed E-state index contributed by atoms with van der Waals surface area (Å²) < 4.78 is 49.7. The predicted octanol–water partition coefficient (Wildman–Crippen LogP) is 3.50. The van der Waals surface area contributed by atoms with Crippen molar-refractivity contribution in [2.75, 3.05) is 12.9 Å². The molecule has 0 aliphatic heterocycles. The summed E-state index contributed by atoms with van der Waals surface area (Å²) in [5.41, 5.74) is 1.94. The summed E-state index contributed by atoms with van der Waals surface area (Å²) in [5.74, 6) is 0.540. The third-order valence-electron chi connectivity index (χ3n) is 4.46. The SMILES string of the molecule is CCSc1nnc(-c2cc(-c3ccc(OC)c(F)c3)n(-c3ccc(S(N)(=O)=O)cc3)n2)o1. The maximum atomic E-state index is 14.4. The number of sulfonamides is 1. The number of primary sulfonamides is 1. The van der Waals surface area contributed by atoms with E-state index >= 15 is 0 Å². The molecule has 2 N–H and O–H groups in total. The number of ether oxygens (including phenoxy) is 1. The van der Waals surface area contributed by atoms with E-state index in [-0.39, 0.29) is 16.5 Å². The third kappa shape index (κ3) is 4.38. The minimum absolute atomic E-state index is 0.0381. The topological polar surface area (TPSA) is 126 Å². The molecule has 2 aromatic carbocycles. The number of rotatable bonds is 7. The molecule has 4 aromatic rings. The van der Waals surface area contributed by atoms with E-state index in [1.807, 2.05) is 6.92 Å². The number of thioether (sulfide) groups is 1. The number of hydrogen-bond acceptors (Lipinski definition) is 8. The zero-order valence-electron chi connectivity index (χ0n) is 17.0. The number of hydrogen-bond donors (Lipinski definition) is 1. The Morgan fingerprint density at radius 3 is 2.53 bits per heavy atom. The van der Waals surface area contributed by atoms with Gasteiger partial charge in [0.1, 0.15) is 0 Å². The molecule has 32 heavy (non-hydrogen) atoms. The lowest BCUT2D eigenvalue weighted by molar-refractivity contribution is 0.386. The monoisotopic (exact) mass is 475 g/mol. The summed E-state index contributed by atoms with van der Waals surface area (Å²) in [6.07, 6.45) is 0. The molecule has 0 amide bonds. The minimum Gasteiger partial charge on any atom is -0.494 e. The van der Waals surface area contributed by atoms with E-state index in [2.05, 4.69) is 15.3 Å². The van der Waals surface area contributed by atoms with Crippen LogP contribution in [-0.2, 0) is 10.0 Å². The van der Waals surface area contributed by atoms with E-state index in [0.29, 0.717) is 27.9 Å². The number of methoxy groups -OCH3 is 1. The van der Waals surface area contributed by atoms with E-state index in [9.17, 15) is 12.8 Å². The van der Waals surface area contributed by atoms with Crippen LogP contribution in [0.1, 0.15) is 6.92 Å². The van der Waals surface area contributed by atoms with Crippen LogP contribution in [-0.4, -0.2) is 41.3 Å². The summed E-state index contributed by atoms with van der Waals surface area (Å²) in [7, 11) is -2.46. The number of halogens is 1. The molecule has 0 saturated carbocycles. The highest BCUT2D eigenvalue weighted by Crippen LogP contribution is 2.32. The fourth-order valence-electron chi connectivity index (χ4n) is 2.99. The molecule has 4 rings (SSSR count). The second kappa shape index (κ2) is 8.73. The largest absolute Gasteiger partial charge is 0.494 e. The standard InChI is InChI=1S/C20H18FN5O4S2/c1-3-31-20-24-23-19(30-20)16-11-17(12-4-9-18(29-2)15(21)10-12)26(25-16)13-5-7-14(8-6-13)32(22,27)28/h4-11H,3H2,1-2H3,(H2,22,27,28). The predicted molar refractivity (Wildman–Crippen MR) is 117 cm³/mol. The summed E-state index contributed by atoms with van der Waals surface area (Å²) in [5, 5.41) is 18.2. The summed E-state index contributed by atoms with van der Waals surface area (Å²) >= 11 is 1.40. The molecule has 0 atom stereocenters. The number of aromatic nitrogens is 4. The Morgan fingerprint density at radius 1 is 1.16 bits per heavy atom. The molecule has 0 fully saturated rings. The van der Waals surface area contributed by atoms with Crippen LogP contribution in [0.5, 0.6) is 5.75 Å². The normalized spacial score (nSPS) is 11.6. The third-order valence-corrected chi connectivity index (χ3v) is 6.09. The van der Waals surface area contributed by atoms with E-state index in [1.54, 1.807) is 24.3 Å². The van der Waals surface area contributed by atoms with Crippen LogP contribution in [0.3, 0.4) is 0 Å². The molecular weight excluding hydrogens is 457 g/mol. The van der Waals surface area contributed by atoms with Crippen molar-refractivity contribution in [3.05, 3.63) is 54.3 Å². The van der Waals surface area contributed by atoms with Crippen molar-refractivity contribution in [1.29, 1.82) is 0 Å². The maximum absolute atomic E-state index is 14.4. The van der Waals surface area contributed by atoms with Crippen molar-refractivity contribution in [3.8, 4) is 34.3 Å². The number of nitrogens with zero attached hydrogens (tertiary/aromatic N) is 4. The van der Waals surface area contributed by atoms with Gasteiger partial charge in [-0.15, -0.1) is 10.2 Å². The van der Waals surface area contributed by atoms with Crippen LogP contribution in [0, 0.1) is 5.82 Å². The van der Waals surface area contributed by atoms with Gasteiger partial charge in [-0.1, -0.05) is 18.7 Å². The zero-order chi connectivity index (χ0) is 22.9. The quantitative estimate of drug-likeness (QED) is 0.403. The van der Waals surface area contributed by atoms with Gasteiger partial charge >= 0.3 is 0 Å². The lowest BCUT2D eigenvalue weighted by atomic mass is 10.1. The van der Waals surface area contributed by atoms with Crippen molar-refractivity contribution < 1.29 is 22.0 Å².